The lowest BCUT2D eigenvalue weighted by atomic mass is 10.2. The molecule has 3 rings (SSSR count). The Hall–Kier alpha value is -2.64. The zero-order valence-corrected chi connectivity index (χ0v) is 11.9. The molecular weight excluding hydrogens is 290 g/mol. The Morgan fingerprint density at radius 3 is 2.73 bits per heavy atom. The van der Waals surface area contributed by atoms with Gasteiger partial charge in [0.25, 0.3) is 11.6 Å². The van der Waals surface area contributed by atoms with Crippen LogP contribution < -0.4 is 9.64 Å². The average molecular weight is 305 g/mol. The number of nitro groups is 1. The second-order valence-electron chi connectivity index (χ2n) is 5.27. The fourth-order valence-electron chi connectivity index (χ4n) is 2.68. The van der Waals surface area contributed by atoms with Crippen LogP contribution in [0.4, 0.5) is 11.4 Å². The summed E-state index contributed by atoms with van der Waals surface area (Å²) in [7, 11) is 0. The van der Waals surface area contributed by atoms with Crippen LogP contribution in [0, 0.1) is 10.1 Å². The van der Waals surface area contributed by atoms with Crippen molar-refractivity contribution in [2.24, 2.45) is 0 Å². The molecule has 0 atom stereocenters. The predicted molar refractivity (Wildman–Crippen MR) is 76.8 cm³/mol. The Bertz CT molecular complexity index is 639. The lowest BCUT2D eigenvalue weighted by Gasteiger charge is -2.30. The molecule has 8 nitrogen and oxygen atoms in total. The number of amides is 2. The van der Waals surface area contributed by atoms with Gasteiger partial charge in [-0.1, -0.05) is 0 Å². The number of anilines is 1. The van der Waals surface area contributed by atoms with Gasteiger partial charge in [0.1, 0.15) is 12.3 Å². The minimum absolute atomic E-state index is 0.115. The van der Waals surface area contributed by atoms with Crippen molar-refractivity contribution in [2.75, 3.05) is 31.1 Å². The van der Waals surface area contributed by atoms with Gasteiger partial charge in [-0.25, -0.2) is 0 Å². The largest absolute Gasteiger partial charge is 0.482 e. The first-order chi connectivity index (χ1) is 10.6. The molecule has 0 aliphatic carbocycles. The standard InChI is InChI=1S/C14H15N3O5/c18-13(15-5-1-2-6-15)8-16-11-7-10(17(20)21)3-4-12(11)22-9-14(16)19/h3-4,7H,1-2,5-6,8-9H2. The number of non-ortho nitro benzene ring substituents is 1. The minimum atomic E-state index is -0.542. The molecule has 2 heterocycles. The summed E-state index contributed by atoms with van der Waals surface area (Å²) in [5.74, 6) is -0.148. The third-order valence-electron chi connectivity index (χ3n) is 3.85. The van der Waals surface area contributed by atoms with Crippen molar-refractivity contribution in [1.29, 1.82) is 0 Å². The van der Waals surface area contributed by atoms with Crippen LogP contribution >= 0.6 is 0 Å². The number of carbonyl (C=O) groups excluding carboxylic acids is 2. The average Bonchev–Trinajstić information content (AvgIpc) is 3.04. The number of fused-ring (bicyclic) bond motifs is 1. The number of hydrogen-bond donors (Lipinski definition) is 0. The zero-order valence-electron chi connectivity index (χ0n) is 11.9. The first kappa shape index (κ1) is 14.3. The maximum Gasteiger partial charge on any atom is 0.271 e. The maximum absolute atomic E-state index is 12.2. The minimum Gasteiger partial charge on any atom is -0.482 e. The zero-order chi connectivity index (χ0) is 15.7. The number of hydrogen-bond acceptors (Lipinski definition) is 5. The van der Waals surface area contributed by atoms with Crippen molar-refractivity contribution in [3.05, 3.63) is 28.3 Å². The molecular formula is C14H15N3O5. The van der Waals surface area contributed by atoms with Gasteiger partial charge in [0.2, 0.25) is 5.91 Å². The Labute approximate surface area is 126 Å². The summed E-state index contributed by atoms with van der Waals surface area (Å²) in [5, 5.41) is 10.9. The van der Waals surface area contributed by atoms with E-state index in [1.54, 1.807) is 4.90 Å². The lowest BCUT2D eigenvalue weighted by Crippen LogP contribution is -2.45. The van der Waals surface area contributed by atoms with Crippen LogP contribution in [-0.4, -0.2) is 47.9 Å². The van der Waals surface area contributed by atoms with E-state index in [4.69, 9.17) is 4.74 Å². The third kappa shape index (κ3) is 2.59. The van der Waals surface area contributed by atoms with Crippen LogP contribution in [0.3, 0.4) is 0 Å². The molecule has 0 radical (unpaired) electrons. The molecule has 1 fully saturated rings. The van der Waals surface area contributed by atoms with Gasteiger partial charge < -0.3 is 9.64 Å². The molecule has 1 saturated heterocycles. The Morgan fingerprint density at radius 2 is 2.05 bits per heavy atom. The summed E-state index contributed by atoms with van der Waals surface area (Å²) in [6, 6.07) is 4.03. The highest BCUT2D eigenvalue weighted by Gasteiger charge is 2.31. The first-order valence-electron chi connectivity index (χ1n) is 7.05. The van der Waals surface area contributed by atoms with Gasteiger partial charge in [0, 0.05) is 25.2 Å². The molecule has 8 heteroatoms. The molecule has 0 N–H and O–H groups in total. The Balaban J connectivity index is 1.87. The number of likely N-dealkylation sites (tertiary alicyclic amines) is 1. The maximum atomic E-state index is 12.2. The predicted octanol–water partition coefficient (Wildman–Crippen LogP) is 0.943. The fraction of sp³-hybridized carbons (Fsp3) is 0.429. The molecule has 1 aromatic rings. The first-order valence-corrected chi connectivity index (χ1v) is 7.05. The van der Waals surface area contributed by atoms with Crippen molar-refractivity contribution < 1.29 is 19.2 Å². The van der Waals surface area contributed by atoms with Crippen molar-refractivity contribution in [2.45, 2.75) is 12.8 Å². The summed E-state index contributed by atoms with van der Waals surface area (Å²) >= 11 is 0. The van der Waals surface area contributed by atoms with E-state index in [9.17, 15) is 19.7 Å². The summed E-state index contributed by atoms with van der Waals surface area (Å²) in [6.07, 6.45) is 1.93. The van der Waals surface area contributed by atoms with E-state index in [1.165, 1.54) is 23.1 Å². The number of rotatable bonds is 3. The van der Waals surface area contributed by atoms with Gasteiger partial charge in [0.15, 0.2) is 6.61 Å². The highest BCUT2D eigenvalue weighted by atomic mass is 16.6. The van der Waals surface area contributed by atoms with Crippen molar-refractivity contribution in [1.82, 2.24) is 4.90 Å². The molecule has 116 valence electrons. The molecule has 1 aromatic carbocycles. The fourth-order valence-corrected chi connectivity index (χ4v) is 2.68. The summed E-state index contributed by atoms with van der Waals surface area (Å²) in [5.41, 5.74) is 0.133. The Morgan fingerprint density at radius 1 is 1.32 bits per heavy atom. The SMILES string of the molecule is O=C(CN1C(=O)COc2ccc([N+](=O)[O-])cc21)N1CCCC1. The van der Waals surface area contributed by atoms with Gasteiger partial charge >= 0.3 is 0 Å². The molecule has 0 saturated carbocycles. The van der Waals surface area contributed by atoms with Crippen LogP contribution in [-0.2, 0) is 9.59 Å². The number of nitro benzene ring substituents is 1. The molecule has 2 aliphatic heterocycles. The number of nitrogens with zero attached hydrogens (tertiary/aromatic N) is 3. The van der Waals surface area contributed by atoms with Gasteiger partial charge in [-0.15, -0.1) is 0 Å². The third-order valence-corrected chi connectivity index (χ3v) is 3.85. The van der Waals surface area contributed by atoms with Crippen molar-refractivity contribution in [3.8, 4) is 5.75 Å². The van der Waals surface area contributed by atoms with Gasteiger partial charge in [-0.3, -0.25) is 24.6 Å². The van der Waals surface area contributed by atoms with Crippen LogP contribution in [0.1, 0.15) is 12.8 Å². The Kier molecular flexibility index (Phi) is 3.66. The number of benzene rings is 1. The van der Waals surface area contributed by atoms with E-state index in [2.05, 4.69) is 0 Å². The second kappa shape index (κ2) is 5.63. The summed E-state index contributed by atoms with van der Waals surface area (Å²) < 4.78 is 5.27. The number of ether oxygens (including phenoxy) is 1. The quantitative estimate of drug-likeness (QED) is 0.612. The van der Waals surface area contributed by atoms with Gasteiger partial charge in [-0.05, 0) is 18.9 Å². The number of carbonyl (C=O) groups is 2. The van der Waals surface area contributed by atoms with Gasteiger partial charge in [-0.2, -0.15) is 0 Å². The molecule has 0 bridgehead atoms. The van der Waals surface area contributed by atoms with E-state index in [-0.39, 0.29) is 36.3 Å². The summed E-state index contributed by atoms with van der Waals surface area (Å²) in [6.45, 7) is 1.10. The molecule has 2 amide bonds. The van der Waals surface area contributed by atoms with Crippen molar-refractivity contribution >= 4 is 23.2 Å². The van der Waals surface area contributed by atoms with Crippen LogP contribution in [0.2, 0.25) is 0 Å². The summed E-state index contributed by atoms with van der Waals surface area (Å²) in [4.78, 5) is 37.6. The topological polar surface area (TPSA) is 93.0 Å². The molecule has 2 aliphatic rings. The monoisotopic (exact) mass is 305 g/mol. The molecule has 0 unspecified atom stereocenters. The van der Waals surface area contributed by atoms with Crippen LogP contribution in [0.15, 0.2) is 18.2 Å². The van der Waals surface area contributed by atoms with E-state index < -0.39 is 4.92 Å². The second-order valence-corrected chi connectivity index (χ2v) is 5.27. The van der Waals surface area contributed by atoms with Crippen molar-refractivity contribution in [3.63, 3.8) is 0 Å². The smallest absolute Gasteiger partial charge is 0.271 e. The highest BCUT2D eigenvalue weighted by Crippen LogP contribution is 2.35. The van der Waals surface area contributed by atoms with E-state index >= 15 is 0 Å². The molecule has 22 heavy (non-hydrogen) atoms. The van der Waals surface area contributed by atoms with Crippen LogP contribution in [0.25, 0.3) is 0 Å². The van der Waals surface area contributed by atoms with E-state index in [0.29, 0.717) is 18.8 Å². The molecule has 0 spiro atoms. The lowest BCUT2D eigenvalue weighted by molar-refractivity contribution is -0.384. The van der Waals surface area contributed by atoms with E-state index in [1.807, 2.05) is 0 Å². The van der Waals surface area contributed by atoms with E-state index in [0.717, 1.165) is 12.8 Å². The van der Waals surface area contributed by atoms with Crippen LogP contribution in [0.5, 0.6) is 5.75 Å². The highest BCUT2D eigenvalue weighted by molar-refractivity contribution is 6.02. The van der Waals surface area contributed by atoms with Gasteiger partial charge in [0.05, 0.1) is 10.6 Å². The molecule has 0 aromatic heterocycles. The normalized spacial score (nSPS) is 17.2.